The molecule has 0 bridgehead atoms. The van der Waals surface area contributed by atoms with Crippen molar-refractivity contribution in [3.8, 4) is 0 Å². The molecular weight excluding hydrogens is 268 g/mol. The Kier molecular flexibility index (Phi) is 3.82. The van der Waals surface area contributed by atoms with Crippen LogP contribution in [0.15, 0.2) is 79.4 Å². The van der Waals surface area contributed by atoms with E-state index in [2.05, 4.69) is 30.8 Å². The minimum absolute atomic E-state index is 0.505. The molecule has 3 aromatic carbocycles. The van der Waals surface area contributed by atoms with Crippen molar-refractivity contribution in [2.24, 2.45) is 0 Å². The van der Waals surface area contributed by atoms with Gasteiger partial charge < -0.3 is 5.11 Å². The van der Waals surface area contributed by atoms with Crippen molar-refractivity contribution in [1.82, 2.24) is 0 Å². The minimum Gasteiger partial charge on any atom is -0.385 e. The summed E-state index contributed by atoms with van der Waals surface area (Å²) in [6.45, 7) is 6.07. The highest BCUT2D eigenvalue weighted by atomic mass is 16.3. The first kappa shape index (κ1) is 14.6. The number of fused-ring (bicyclic) bond motifs is 1. The zero-order valence-corrected chi connectivity index (χ0v) is 12.8. The molecule has 22 heavy (non-hydrogen) atoms. The van der Waals surface area contributed by atoms with Gasteiger partial charge in [-0.05, 0) is 34.4 Å². The van der Waals surface area contributed by atoms with Gasteiger partial charge in [-0.2, -0.15) is 0 Å². The Labute approximate surface area is 131 Å². The first-order valence-corrected chi connectivity index (χ1v) is 7.52. The van der Waals surface area contributed by atoms with Crippen LogP contribution in [0.4, 0.5) is 0 Å². The van der Waals surface area contributed by atoms with Crippen molar-refractivity contribution in [2.45, 2.75) is 18.9 Å². The fourth-order valence-corrected chi connectivity index (χ4v) is 2.94. The van der Waals surface area contributed by atoms with E-state index in [1.165, 1.54) is 10.8 Å². The van der Waals surface area contributed by atoms with E-state index >= 15 is 0 Å². The van der Waals surface area contributed by atoms with E-state index in [0.29, 0.717) is 6.42 Å². The molecule has 0 saturated heterocycles. The number of hydrogen-bond acceptors (Lipinski definition) is 1. The number of hydrogen-bond donors (Lipinski definition) is 1. The number of rotatable bonds is 4. The SMILES string of the molecule is C=C(CC(C)(O)c1ccccc1)c1cccc2ccccc12. The van der Waals surface area contributed by atoms with E-state index in [1.54, 1.807) is 0 Å². The summed E-state index contributed by atoms with van der Waals surface area (Å²) in [5.74, 6) is 0. The molecule has 1 N–H and O–H groups in total. The van der Waals surface area contributed by atoms with Crippen LogP contribution in [0.3, 0.4) is 0 Å². The molecule has 0 radical (unpaired) electrons. The standard InChI is InChI=1S/C21H20O/c1-16(15-21(2,22)18-11-4-3-5-12-18)19-14-8-10-17-9-6-7-13-20(17)19/h3-14,22H,1,15H2,2H3. The van der Waals surface area contributed by atoms with E-state index in [9.17, 15) is 5.11 Å². The fraction of sp³-hybridized carbons (Fsp3) is 0.143. The second-order valence-electron chi connectivity index (χ2n) is 5.95. The van der Waals surface area contributed by atoms with Gasteiger partial charge in [-0.3, -0.25) is 0 Å². The van der Waals surface area contributed by atoms with Gasteiger partial charge in [0.05, 0.1) is 5.60 Å². The van der Waals surface area contributed by atoms with Gasteiger partial charge in [0.15, 0.2) is 0 Å². The second kappa shape index (κ2) is 5.78. The molecule has 1 heteroatoms. The molecule has 0 saturated carbocycles. The summed E-state index contributed by atoms with van der Waals surface area (Å²) in [5.41, 5.74) is 2.05. The van der Waals surface area contributed by atoms with Crippen molar-refractivity contribution in [3.05, 3.63) is 90.5 Å². The Hall–Kier alpha value is -2.38. The van der Waals surface area contributed by atoms with Gasteiger partial charge in [-0.1, -0.05) is 79.4 Å². The molecule has 0 aliphatic carbocycles. The van der Waals surface area contributed by atoms with E-state index in [-0.39, 0.29) is 0 Å². The largest absolute Gasteiger partial charge is 0.385 e. The van der Waals surface area contributed by atoms with Gasteiger partial charge in [0.2, 0.25) is 0 Å². The molecule has 110 valence electrons. The molecule has 0 heterocycles. The third-order valence-electron chi connectivity index (χ3n) is 4.12. The normalized spacial score (nSPS) is 13.7. The lowest BCUT2D eigenvalue weighted by Crippen LogP contribution is -2.21. The highest BCUT2D eigenvalue weighted by Crippen LogP contribution is 2.34. The van der Waals surface area contributed by atoms with Gasteiger partial charge in [0.1, 0.15) is 0 Å². The summed E-state index contributed by atoms with van der Waals surface area (Å²) in [5, 5.41) is 13.2. The van der Waals surface area contributed by atoms with Crippen molar-refractivity contribution >= 4 is 16.3 Å². The second-order valence-corrected chi connectivity index (χ2v) is 5.95. The predicted octanol–water partition coefficient (Wildman–Crippen LogP) is 5.15. The Morgan fingerprint density at radius 2 is 1.55 bits per heavy atom. The number of benzene rings is 3. The maximum atomic E-state index is 10.8. The summed E-state index contributed by atoms with van der Waals surface area (Å²) in [6.07, 6.45) is 0.505. The van der Waals surface area contributed by atoms with Crippen LogP contribution in [0.2, 0.25) is 0 Å². The summed E-state index contributed by atoms with van der Waals surface area (Å²) in [7, 11) is 0. The van der Waals surface area contributed by atoms with Crippen LogP contribution in [0.25, 0.3) is 16.3 Å². The average Bonchev–Trinajstić information content (AvgIpc) is 2.54. The maximum absolute atomic E-state index is 10.8. The highest BCUT2D eigenvalue weighted by Gasteiger charge is 2.24. The van der Waals surface area contributed by atoms with Crippen LogP contribution in [0, 0.1) is 0 Å². The van der Waals surface area contributed by atoms with Crippen LogP contribution in [-0.4, -0.2) is 5.11 Å². The van der Waals surface area contributed by atoms with Crippen molar-refractivity contribution in [3.63, 3.8) is 0 Å². The molecule has 0 amide bonds. The lowest BCUT2D eigenvalue weighted by molar-refractivity contribution is 0.0631. The van der Waals surface area contributed by atoms with Crippen molar-refractivity contribution < 1.29 is 5.11 Å². The van der Waals surface area contributed by atoms with Crippen LogP contribution in [0.1, 0.15) is 24.5 Å². The van der Waals surface area contributed by atoms with E-state index in [0.717, 1.165) is 16.7 Å². The third kappa shape index (κ3) is 2.81. The maximum Gasteiger partial charge on any atom is 0.0908 e. The van der Waals surface area contributed by atoms with E-state index in [1.807, 2.05) is 55.5 Å². The Balaban J connectivity index is 1.94. The lowest BCUT2D eigenvalue weighted by Gasteiger charge is -2.25. The van der Waals surface area contributed by atoms with Gasteiger partial charge in [-0.25, -0.2) is 0 Å². The van der Waals surface area contributed by atoms with E-state index < -0.39 is 5.60 Å². The average molecular weight is 288 g/mol. The lowest BCUT2D eigenvalue weighted by atomic mass is 9.86. The molecule has 1 nitrogen and oxygen atoms in total. The summed E-state index contributed by atoms with van der Waals surface area (Å²) in [6, 6.07) is 24.3. The van der Waals surface area contributed by atoms with Crippen molar-refractivity contribution in [1.29, 1.82) is 0 Å². The van der Waals surface area contributed by atoms with Gasteiger partial charge >= 0.3 is 0 Å². The first-order valence-electron chi connectivity index (χ1n) is 7.52. The van der Waals surface area contributed by atoms with Crippen molar-refractivity contribution in [2.75, 3.05) is 0 Å². The molecule has 0 spiro atoms. The fourth-order valence-electron chi connectivity index (χ4n) is 2.94. The number of aliphatic hydroxyl groups is 1. The summed E-state index contributed by atoms with van der Waals surface area (Å²) < 4.78 is 0. The molecule has 0 fully saturated rings. The molecule has 0 aliphatic heterocycles. The molecule has 1 unspecified atom stereocenters. The van der Waals surface area contributed by atoms with Gasteiger partial charge in [0, 0.05) is 6.42 Å². The quantitative estimate of drug-likeness (QED) is 0.704. The van der Waals surface area contributed by atoms with Crippen LogP contribution >= 0.6 is 0 Å². The molecule has 3 aromatic rings. The Morgan fingerprint density at radius 1 is 0.909 bits per heavy atom. The topological polar surface area (TPSA) is 20.2 Å². The summed E-state index contributed by atoms with van der Waals surface area (Å²) in [4.78, 5) is 0. The highest BCUT2D eigenvalue weighted by molar-refractivity contribution is 5.93. The van der Waals surface area contributed by atoms with Crippen LogP contribution < -0.4 is 0 Å². The Morgan fingerprint density at radius 3 is 2.32 bits per heavy atom. The third-order valence-corrected chi connectivity index (χ3v) is 4.12. The van der Waals surface area contributed by atoms with E-state index in [4.69, 9.17) is 0 Å². The minimum atomic E-state index is -0.921. The zero-order valence-electron chi connectivity index (χ0n) is 12.8. The van der Waals surface area contributed by atoms with Gasteiger partial charge in [-0.15, -0.1) is 0 Å². The molecule has 0 aliphatic rings. The predicted molar refractivity (Wildman–Crippen MR) is 93.6 cm³/mol. The first-order chi connectivity index (χ1) is 10.6. The molecule has 3 rings (SSSR count). The van der Waals surface area contributed by atoms with Crippen LogP contribution in [-0.2, 0) is 5.60 Å². The van der Waals surface area contributed by atoms with Crippen LogP contribution in [0.5, 0.6) is 0 Å². The van der Waals surface area contributed by atoms with Gasteiger partial charge in [0.25, 0.3) is 0 Å². The molecule has 0 aromatic heterocycles. The Bertz CT molecular complexity index is 795. The molecular formula is C21H20O. The smallest absolute Gasteiger partial charge is 0.0908 e. The molecule has 1 atom stereocenters. The monoisotopic (exact) mass is 288 g/mol. The zero-order chi connectivity index (χ0) is 15.6. The summed E-state index contributed by atoms with van der Waals surface area (Å²) >= 11 is 0.